The molecule has 0 saturated carbocycles. The molecule has 0 aliphatic heterocycles. The first-order valence-electron chi connectivity index (χ1n) is 8.55. The largest absolute Gasteiger partial charge is 0.481 e. The van der Waals surface area contributed by atoms with Crippen LogP contribution in [0.4, 0.5) is 0 Å². The lowest BCUT2D eigenvalue weighted by atomic mass is 10.8. The lowest BCUT2D eigenvalue weighted by Crippen LogP contribution is -1.85. The fourth-order valence-corrected chi connectivity index (χ4v) is 0. The van der Waals surface area contributed by atoms with Crippen LogP contribution in [0.3, 0.4) is 0 Å². The normalized spacial score (nSPS) is 6.39. The average Bonchev–Trinajstić information content (AvgIpc) is 2.50. The van der Waals surface area contributed by atoms with Gasteiger partial charge in [0, 0.05) is 55.4 Å². The van der Waals surface area contributed by atoms with Crippen molar-refractivity contribution in [1.29, 1.82) is 0 Å². The molecule has 0 aliphatic carbocycles. The van der Waals surface area contributed by atoms with E-state index in [1.54, 1.807) is 0 Å². The van der Waals surface area contributed by atoms with Gasteiger partial charge in [0.2, 0.25) is 0 Å². The molecule has 0 atom stereocenters. The highest BCUT2D eigenvalue weighted by atomic mass is 16.4. The van der Waals surface area contributed by atoms with E-state index < -0.39 is 47.8 Å². The summed E-state index contributed by atoms with van der Waals surface area (Å²) >= 11 is 0. The number of aliphatic hydroxyl groups is 2. The van der Waals surface area contributed by atoms with Gasteiger partial charge in [0.1, 0.15) is 0 Å². The lowest BCUT2D eigenvalue weighted by molar-refractivity contribution is -0.135. The van der Waals surface area contributed by atoms with Crippen molar-refractivity contribution in [2.75, 3.05) is 13.2 Å². The monoisotopic (exact) mass is 542 g/mol. The van der Waals surface area contributed by atoms with Gasteiger partial charge < -0.3 is 51.1 Å². The maximum absolute atomic E-state index is 9.00. The van der Waals surface area contributed by atoms with Crippen LogP contribution in [0.15, 0.2) is 0 Å². The summed E-state index contributed by atoms with van der Waals surface area (Å²) in [5, 5.41) is 74.6. The maximum atomic E-state index is 9.00. The summed E-state index contributed by atoms with van der Waals surface area (Å²) in [5.41, 5.74) is 0. The van der Waals surface area contributed by atoms with Crippen molar-refractivity contribution in [2.24, 2.45) is 0 Å². The zero-order chi connectivity index (χ0) is 32.0. The van der Waals surface area contributed by atoms with Crippen LogP contribution >= 0.6 is 0 Å². The predicted octanol–water partition coefficient (Wildman–Crippen LogP) is -0.302. The number of aliphatic carboxylic acids is 8. The van der Waals surface area contributed by atoms with Gasteiger partial charge in [-0.2, -0.15) is 0 Å². The minimum absolute atomic E-state index is 0.125. The average molecular weight is 542 g/mol. The molecule has 0 saturated heterocycles. The quantitative estimate of drug-likeness (QED) is 0.203. The Balaban J connectivity index is -0.0000000325. The molecule has 0 rings (SSSR count). The van der Waals surface area contributed by atoms with Crippen molar-refractivity contribution in [3.63, 3.8) is 0 Å². The van der Waals surface area contributed by atoms with Crippen LogP contribution in [0.2, 0.25) is 0 Å². The highest BCUT2D eigenvalue weighted by Crippen LogP contribution is 1.44. The number of carboxylic acid groups (broad SMARTS) is 8. The molecule has 0 amide bonds. The van der Waals surface area contributed by atoms with Gasteiger partial charge >= 0.3 is 0 Å². The molecule has 18 nitrogen and oxygen atoms in total. The molecular formula is C18H38O18. The van der Waals surface area contributed by atoms with Crippen LogP contribution in [0.25, 0.3) is 0 Å². The van der Waals surface area contributed by atoms with Crippen LogP contribution in [0, 0.1) is 0 Å². The van der Waals surface area contributed by atoms with Crippen LogP contribution in [-0.4, -0.2) is 112 Å². The molecule has 0 heterocycles. The summed E-state index contributed by atoms with van der Waals surface area (Å²) in [7, 11) is 0. The fraction of sp³-hybridized carbons (Fsp3) is 0.556. The molecule has 0 aromatic rings. The van der Waals surface area contributed by atoms with Gasteiger partial charge in [-0.05, 0) is 0 Å². The number of hydrogen-bond acceptors (Lipinski definition) is 10. The van der Waals surface area contributed by atoms with Crippen molar-refractivity contribution < 1.29 is 89.4 Å². The molecule has 0 aromatic heterocycles. The third-order valence-corrected chi connectivity index (χ3v) is 0.1000. The molecule has 0 unspecified atom stereocenters. The first-order valence-corrected chi connectivity index (χ1v) is 8.55. The molecule has 0 aromatic carbocycles. The predicted molar refractivity (Wildman–Crippen MR) is 121 cm³/mol. The van der Waals surface area contributed by atoms with Crippen molar-refractivity contribution in [1.82, 2.24) is 0 Å². The number of hydrogen-bond donors (Lipinski definition) is 10. The summed E-state index contributed by atoms with van der Waals surface area (Å²) in [5.74, 6) is -6.67. The molecule has 0 bridgehead atoms. The molecule has 36 heavy (non-hydrogen) atoms. The Bertz CT molecular complexity index is 390. The SMILES string of the molecule is CC(=O)O.CC(=O)O.CC(=O)O.CC(=O)O.CC(=O)O.CC(=O)O.CC(=O)O.CC(=O)O.OCCO. The minimum Gasteiger partial charge on any atom is -0.481 e. The standard InChI is InChI=1S/8C2H4O2.C2H6O2/c8*1-2(3)4;3-1-2-4/h8*1H3,(H,3,4);3-4H,1-2H2. The van der Waals surface area contributed by atoms with E-state index in [-0.39, 0.29) is 13.2 Å². The number of rotatable bonds is 1. The van der Waals surface area contributed by atoms with Gasteiger partial charge in [0.05, 0.1) is 13.2 Å². The van der Waals surface area contributed by atoms with Crippen molar-refractivity contribution >= 4 is 47.8 Å². The van der Waals surface area contributed by atoms with Crippen LogP contribution in [0.5, 0.6) is 0 Å². The van der Waals surface area contributed by atoms with Gasteiger partial charge in [-0.1, -0.05) is 0 Å². The Morgan fingerprint density at radius 1 is 0.306 bits per heavy atom. The van der Waals surface area contributed by atoms with E-state index in [1.807, 2.05) is 0 Å². The Morgan fingerprint density at radius 2 is 0.333 bits per heavy atom. The van der Waals surface area contributed by atoms with Gasteiger partial charge in [-0.15, -0.1) is 0 Å². The summed E-state index contributed by atoms with van der Waals surface area (Å²) in [4.78, 5) is 72.0. The van der Waals surface area contributed by atoms with Crippen molar-refractivity contribution in [3.05, 3.63) is 0 Å². The summed E-state index contributed by atoms with van der Waals surface area (Å²) in [6.07, 6.45) is 0. The Morgan fingerprint density at radius 3 is 0.333 bits per heavy atom. The Hall–Kier alpha value is -4.32. The van der Waals surface area contributed by atoms with Gasteiger partial charge in [-0.25, -0.2) is 0 Å². The molecule has 0 fully saturated rings. The lowest BCUT2D eigenvalue weighted by Gasteiger charge is -1.70. The number of carboxylic acids is 8. The fourth-order valence-electron chi connectivity index (χ4n) is 0. The number of carbonyl (C=O) groups is 8. The van der Waals surface area contributed by atoms with E-state index in [0.717, 1.165) is 55.4 Å². The third kappa shape index (κ3) is 2210. The third-order valence-electron chi connectivity index (χ3n) is 0.1000. The smallest absolute Gasteiger partial charge is 0.300 e. The zero-order valence-electron chi connectivity index (χ0n) is 21.2. The highest BCUT2D eigenvalue weighted by Gasteiger charge is 1.68. The molecular weight excluding hydrogens is 504 g/mol. The zero-order valence-corrected chi connectivity index (χ0v) is 21.2. The van der Waals surface area contributed by atoms with E-state index in [0.29, 0.717) is 0 Å². The van der Waals surface area contributed by atoms with Gasteiger partial charge in [0.15, 0.2) is 0 Å². The van der Waals surface area contributed by atoms with Crippen LogP contribution < -0.4 is 0 Å². The van der Waals surface area contributed by atoms with Crippen LogP contribution in [-0.2, 0) is 38.4 Å². The van der Waals surface area contributed by atoms with E-state index >= 15 is 0 Å². The minimum atomic E-state index is -0.833. The number of aliphatic hydroxyl groups excluding tert-OH is 2. The summed E-state index contributed by atoms with van der Waals surface area (Å²) in [6, 6.07) is 0. The van der Waals surface area contributed by atoms with Crippen molar-refractivity contribution in [2.45, 2.75) is 55.4 Å². The van der Waals surface area contributed by atoms with E-state index in [1.165, 1.54) is 0 Å². The molecule has 0 radical (unpaired) electrons. The first-order chi connectivity index (χ1) is 15.8. The topological polar surface area (TPSA) is 339 Å². The molecule has 218 valence electrons. The molecule has 0 aliphatic rings. The Labute approximate surface area is 206 Å². The van der Waals surface area contributed by atoms with Gasteiger partial charge in [-0.3, -0.25) is 38.4 Å². The molecule has 10 N–H and O–H groups in total. The summed E-state index contributed by atoms with van der Waals surface area (Å²) in [6.45, 7) is 8.42. The second kappa shape index (κ2) is 57.5. The van der Waals surface area contributed by atoms with E-state index in [4.69, 9.17) is 89.4 Å². The maximum Gasteiger partial charge on any atom is 0.300 e. The second-order valence-corrected chi connectivity index (χ2v) is 4.60. The van der Waals surface area contributed by atoms with Crippen LogP contribution in [0.1, 0.15) is 55.4 Å². The Kier molecular flexibility index (Phi) is 92.6. The highest BCUT2D eigenvalue weighted by molar-refractivity contribution is 5.64. The summed E-state index contributed by atoms with van der Waals surface area (Å²) < 4.78 is 0. The van der Waals surface area contributed by atoms with E-state index in [9.17, 15) is 0 Å². The molecule has 0 spiro atoms. The van der Waals surface area contributed by atoms with E-state index in [2.05, 4.69) is 0 Å². The second-order valence-electron chi connectivity index (χ2n) is 4.60. The van der Waals surface area contributed by atoms with Gasteiger partial charge in [0.25, 0.3) is 47.8 Å². The van der Waals surface area contributed by atoms with Crippen molar-refractivity contribution in [3.8, 4) is 0 Å². The molecule has 18 heteroatoms. The first kappa shape index (κ1) is 58.0.